The molecule has 8 nitrogen and oxygen atoms in total. The van der Waals surface area contributed by atoms with Gasteiger partial charge in [-0.3, -0.25) is 20.1 Å². The first-order valence-electron chi connectivity index (χ1n) is 10.1. The average molecular weight is 485 g/mol. The van der Waals surface area contributed by atoms with Crippen molar-refractivity contribution in [1.82, 2.24) is 19.9 Å². The number of nitro groups is 1. The van der Waals surface area contributed by atoms with Gasteiger partial charge in [0.05, 0.1) is 26.7 Å². The van der Waals surface area contributed by atoms with Crippen molar-refractivity contribution in [2.45, 2.75) is 0 Å². The van der Waals surface area contributed by atoms with Gasteiger partial charge in [0.25, 0.3) is 5.69 Å². The molecule has 0 amide bonds. The highest BCUT2D eigenvalue weighted by Crippen LogP contribution is 2.31. The van der Waals surface area contributed by atoms with E-state index >= 15 is 0 Å². The zero-order chi connectivity index (χ0) is 23.5. The Hall–Kier alpha value is -4.28. The van der Waals surface area contributed by atoms with Gasteiger partial charge < -0.3 is 5.73 Å². The second-order valence-corrected chi connectivity index (χ2v) is 9.21. The topological polar surface area (TPSA) is 121 Å². The molecule has 166 valence electrons. The first-order valence-corrected chi connectivity index (χ1v) is 11.7. The maximum Gasteiger partial charge on any atom is 0.269 e. The summed E-state index contributed by atoms with van der Waals surface area (Å²) in [5.41, 5.74) is 10.3. The molecule has 4 heterocycles. The lowest BCUT2D eigenvalue weighted by atomic mass is 10.2. The summed E-state index contributed by atoms with van der Waals surface area (Å²) in [7, 11) is 0. The number of hydrogen-bond donors (Lipinski definition) is 1. The van der Waals surface area contributed by atoms with Gasteiger partial charge in [0.2, 0.25) is 0 Å². The highest BCUT2D eigenvalue weighted by atomic mass is 32.1. The van der Waals surface area contributed by atoms with E-state index in [9.17, 15) is 10.1 Å². The van der Waals surface area contributed by atoms with E-state index in [1.54, 1.807) is 59.6 Å². The zero-order valence-corrected chi connectivity index (χ0v) is 19.2. The summed E-state index contributed by atoms with van der Waals surface area (Å²) in [6.45, 7) is 0. The van der Waals surface area contributed by atoms with Crippen molar-refractivity contribution < 1.29 is 4.92 Å². The SMILES string of the molecule is Nc1ccc(-c2nc3cnccc3s2)cc1.O=[N+]([O-])c1ccc(-c2nc3cnccc3s2)cc1. The van der Waals surface area contributed by atoms with Crippen LogP contribution in [0, 0.1) is 10.1 Å². The van der Waals surface area contributed by atoms with E-state index in [4.69, 9.17) is 5.73 Å². The van der Waals surface area contributed by atoms with Crippen LogP contribution in [0.25, 0.3) is 41.6 Å². The monoisotopic (exact) mass is 484 g/mol. The van der Waals surface area contributed by atoms with Crippen LogP contribution in [0.3, 0.4) is 0 Å². The zero-order valence-electron chi connectivity index (χ0n) is 17.5. The van der Waals surface area contributed by atoms with E-state index in [-0.39, 0.29) is 5.69 Å². The van der Waals surface area contributed by atoms with Crippen molar-refractivity contribution in [3.8, 4) is 21.1 Å². The fourth-order valence-corrected chi connectivity index (χ4v) is 5.03. The quantitative estimate of drug-likeness (QED) is 0.180. The molecule has 0 aliphatic rings. The van der Waals surface area contributed by atoms with E-state index in [1.165, 1.54) is 12.1 Å². The molecule has 0 aliphatic heterocycles. The number of benzene rings is 2. The van der Waals surface area contributed by atoms with Crippen LogP contribution in [-0.2, 0) is 0 Å². The Morgan fingerprint density at radius 3 is 1.62 bits per heavy atom. The third-order valence-corrected chi connectivity index (χ3v) is 7.03. The molecule has 0 unspecified atom stereocenters. The lowest BCUT2D eigenvalue weighted by Gasteiger charge is -1.95. The fourth-order valence-electron chi connectivity index (χ4n) is 3.16. The Morgan fingerprint density at radius 1 is 0.706 bits per heavy atom. The van der Waals surface area contributed by atoms with Crippen molar-refractivity contribution in [3.05, 3.63) is 95.6 Å². The van der Waals surface area contributed by atoms with Crippen molar-refractivity contribution in [3.63, 3.8) is 0 Å². The number of anilines is 1. The normalized spacial score (nSPS) is 10.7. The largest absolute Gasteiger partial charge is 0.399 e. The lowest BCUT2D eigenvalue weighted by Crippen LogP contribution is -1.86. The van der Waals surface area contributed by atoms with E-state index in [0.717, 1.165) is 47.3 Å². The number of fused-ring (bicyclic) bond motifs is 2. The molecule has 0 radical (unpaired) electrons. The Balaban J connectivity index is 0.000000142. The van der Waals surface area contributed by atoms with E-state index in [1.807, 2.05) is 36.4 Å². The predicted octanol–water partition coefficient (Wildman–Crippen LogP) is 6.21. The molecule has 34 heavy (non-hydrogen) atoms. The van der Waals surface area contributed by atoms with Gasteiger partial charge in [0, 0.05) is 41.3 Å². The molecule has 10 heteroatoms. The van der Waals surface area contributed by atoms with Gasteiger partial charge in [-0.25, -0.2) is 9.97 Å². The van der Waals surface area contributed by atoms with Crippen molar-refractivity contribution in [1.29, 1.82) is 0 Å². The first-order chi connectivity index (χ1) is 16.6. The number of thiazole rings is 2. The van der Waals surface area contributed by atoms with Gasteiger partial charge in [-0.05, 0) is 48.5 Å². The first kappa shape index (κ1) is 21.6. The lowest BCUT2D eigenvalue weighted by molar-refractivity contribution is -0.384. The number of aromatic nitrogens is 4. The molecular weight excluding hydrogens is 468 g/mol. The maximum absolute atomic E-state index is 10.6. The molecule has 2 aromatic carbocycles. The second-order valence-electron chi connectivity index (χ2n) is 7.15. The maximum atomic E-state index is 10.6. The summed E-state index contributed by atoms with van der Waals surface area (Å²) in [5, 5.41) is 12.4. The molecule has 4 aromatic heterocycles. The van der Waals surface area contributed by atoms with Gasteiger partial charge in [0.15, 0.2) is 0 Å². The van der Waals surface area contributed by atoms with Gasteiger partial charge in [-0.15, -0.1) is 22.7 Å². The van der Waals surface area contributed by atoms with E-state index in [0.29, 0.717) is 0 Å². The average Bonchev–Trinajstić information content (AvgIpc) is 3.49. The molecule has 0 saturated heterocycles. The van der Waals surface area contributed by atoms with Crippen LogP contribution in [-0.4, -0.2) is 24.9 Å². The van der Waals surface area contributed by atoms with Crippen LogP contribution in [0.1, 0.15) is 0 Å². The predicted molar refractivity (Wildman–Crippen MR) is 137 cm³/mol. The highest BCUT2D eigenvalue weighted by Gasteiger charge is 2.09. The van der Waals surface area contributed by atoms with Crippen LogP contribution >= 0.6 is 22.7 Å². The standard InChI is InChI=1S/C12H7N3O2S.C12H9N3S/c16-15(17)9-3-1-8(2-4-9)12-14-10-7-13-6-5-11(10)18-12;13-9-3-1-8(2-4-9)12-15-10-7-14-6-5-11(10)16-12/h1-7H;1-7H,13H2. The summed E-state index contributed by atoms with van der Waals surface area (Å²) < 4.78 is 2.21. The molecule has 6 aromatic rings. The third-order valence-electron chi connectivity index (χ3n) is 4.86. The van der Waals surface area contributed by atoms with Gasteiger partial charge >= 0.3 is 0 Å². The summed E-state index contributed by atoms with van der Waals surface area (Å²) in [6.07, 6.45) is 7.00. The Labute approximate surface area is 201 Å². The number of non-ortho nitro benzene ring substituents is 1. The molecule has 0 bridgehead atoms. The third kappa shape index (κ3) is 4.58. The molecule has 6 rings (SSSR count). The molecule has 2 N–H and O–H groups in total. The number of nitrogens with two attached hydrogens (primary N) is 1. The van der Waals surface area contributed by atoms with Gasteiger partial charge in [-0.1, -0.05) is 0 Å². The number of hydrogen-bond acceptors (Lipinski definition) is 9. The smallest absolute Gasteiger partial charge is 0.269 e. The summed E-state index contributed by atoms with van der Waals surface area (Å²) >= 11 is 3.21. The molecule has 0 fully saturated rings. The van der Waals surface area contributed by atoms with Crippen molar-refractivity contribution in [2.75, 3.05) is 5.73 Å². The Bertz CT molecular complexity index is 1530. The van der Waals surface area contributed by atoms with Gasteiger partial charge in [-0.2, -0.15) is 0 Å². The van der Waals surface area contributed by atoms with Crippen LogP contribution in [0.5, 0.6) is 0 Å². The summed E-state index contributed by atoms with van der Waals surface area (Å²) in [4.78, 5) is 27.2. The fraction of sp³-hybridized carbons (Fsp3) is 0. The van der Waals surface area contributed by atoms with E-state index < -0.39 is 4.92 Å². The second kappa shape index (κ2) is 9.30. The van der Waals surface area contributed by atoms with Crippen LogP contribution in [0.2, 0.25) is 0 Å². The molecular formula is C24H16N6O2S2. The van der Waals surface area contributed by atoms with Crippen LogP contribution in [0.4, 0.5) is 11.4 Å². The molecule has 0 aliphatic carbocycles. The molecule has 0 atom stereocenters. The van der Waals surface area contributed by atoms with Crippen molar-refractivity contribution >= 4 is 54.5 Å². The molecule has 0 saturated carbocycles. The number of pyridine rings is 2. The Morgan fingerprint density at radius 2 is 1.18 bits per heavy atom. The minimum atomic E-state index is -0.411. The van der Waals surface area contributed by atoms with Crippen LogP contribution < -0.4 is 5.73 Å². The number of rotatable bonds is 3. The number of nitro benzene ring substituents is 1. The van der Waals surface area contributed by atoms with Crippen LogP contribution in [0.15, 0.2) is 85.5 Å². The number of nitrogen functional groups attached to an aromatic ring is 1. The highest BCUT2D eigenvalue weighted by molar-refractivity contribution is 7.22. The number of nitrogens with zero attached hydrogens (tertiary/aromatic N) is 5. The summed E-state index contributed by atoms with van der Waals surface area (Å²) in [6, 6.07) is 18.0. The Kier molecular flexibility index (Phi) is 5.90. The van der Waals surface area contributed by atoms with Crippen molar-refractivity contribution in [2.24, 2.45) is 0 Å². The summed E-state index contributed by atoms with van der Waals surface area (Å²) in [5.74, 6) is 0. The van der Waals surface area contributed by atoms with E-state index in [2.05, 4.69) is 19.9 Å². The van der Waals surface area contributed by atoms with Gasteiger partial charge in [0.1, 0.15) is 21.0 Å². The minimum Gasteiger partial charge on any atom is -0.399 e. The molecule has 0 spiro atoms. The minimum absolute atomic E-state index is 0.0847.